The van der Waals surface area contributed by atoms with E-state index in [1.165, 1.54) is 25.5 Å². The molecule has 0 aliphatic heterocycles. The number of amides is 1. The van der Waals surface area contributed by atoms with Crippen LogP contribution in [0.5, 0.6) is 0 Å². The van der Waals surface area contributed by atoms with Gasteiger partial charge in [0.15, 0.2) is 5.82 Å². The molecule has 4 saturated carbocycles. The molecule has 6 rings (SSSR count). The highest BCUT2D eigenvalue weighted by molar-refractivity contribution is 5.95. The molecule has 4 bridgehead atoms. The molecule has 4 fully saturated rings. The second-order valence-electron chi connectivity index (χ2n) is 8.97. The van der Waals surface area contributed by atoms with E-state index in [0.29, 0.717) is 6.54 Å². The fourth-order valence-electron chi connectivity index (χ4n) is 6.12. The molecule has 4 aliphatic rings. The van der Waals surface area contributed by atoms with Gasteiger partial charge in [-0.15, -0.1) is 0 Å². The van der Waals surface area contributed by atoms with Crippen LogP contribution in [0.1, 0.15) is 61.0 Å². The fourth-order valence-corrected chi connectivity index (χ4v) is 6.12. The summed E-state index contributed by atoms with van der Waals surface area (Å²) in [5.41, 5.74) is -0.718. The van der Waals surface area contributed by atoms with Gasteiger partial charge in [-0.25, -0.2) is 27.8 Å². The summed E-state index contributed by atoms with van der Waals surface area (Å²) in [4.78, 5) is 20.2. The first kappa shape index (κ1) is 18.6. The summed E-state index contributed by atoms with van der Waals surface area (Å²) < 4.78 is 41.0. The number of rotatable bonds is 5. The first-order valence-corrected chi connectivity index (χ1v) is 10.0. The summed E-state index contributed by atoms with van der Waals surface area (Å²) in [7, 11) is 0. The van der Waals surface area contributed by atoms with Crippen molar-refractivity contribution in [2.24, 2.45) is 23.2 Å². The third kappa shape index (κ3) is 3.40. The van der Waals surface area contributed by atoms with Gasteiger partial charge >= 0.3 is 0 Å². The molecule has 2 aromatic rings. The van der Waals surface area contributed by atoms with Gasteiger partial charge < -0.3 is 5.32 Å². The first-order valence-electron chi connectivity index (χ1n) is 10.0. The molecule has 0 unspecified atom stereocenters. The first-order chi connectivity index (χ1) is 13.9. The molecular weight excluding hydrogens is 383 g/mol. The summed E-state index contributed by atoms with van der Waals surface area (Å²) >= 11 is 0. The summed E-state index contributed by atoms with van der Waals surface area (Å²) in [6.07, 6.45) is 7.34. The molecule has 0 spiro atoms. The number of halogens is 3. The van der Waals surface area contributed by atoms with Crippen molar-refractivity contribution in [3.05, 3.63) is 35.7 Å². The largest absolute Gasteiger partial charge is 0.351 e. The highest BCUT2D eigenvalue weighted by atomic mass is 19.3. The third-order valence-electron chi connectivity index (χ3n) is 6.79. The van der Waals surface area contributed by atoms with Crippen LogP contribution in [0.4, 0.5) is 13.2 Å². The Morgan fingerprint density at radius 2 is 1.72 bits per heavy atom. The molecule has 2 heterocycles. The topological polar surface area (TPSA) is 72.7 Å². The van der Waals surface area contributed by atoms with Crippen LogP contribution >= 0.6 is 0 Å². The number of nitrogens with one attached hydrogen (secondary N) is 1. The normalized spacial score (nSPS) is 30.1. The van der Waals surface area contributed by atoms with E-state index >= 15 is 0 Å². The zero-order valence-electron chi connectivity index (χ0n) is 15.8. The quantitative estimate of drug-likeness (QED) is 0.824. The van der Waals surface area contributed by atoms with E-state index in [1.54, 1.807) is 0 Å². The van der Waals surface area contributed by atoms with E-state index in [1.807, 2.05) is 0 Å². The smallest absolute Gasteiger partial charge is 0.282 e. The van der Waals surface area contributed by atoms with Crippen LogP contribution in [-0.4, -0.2) is 32.2 Å². The molecule has 154 valence electrons. The Kier molecular flexibility index (Phi) is 4.36. The Bertz CT molecular complexity index is 891. The maximum absolute atomic E-state index is 13.5. The predicted molar refractivity (Wildman–Crippen MR) is 97.0 cm³/mol. The van der Waals surface area contributed by atoms with Crippen LogP contribution in [0.2, 0.25) is 0 Å². The van der Waals surface area contributed by atoms with Crippen LogP contribution in [0.25, 0.3) is 5.95 Å². The number of hydrogen-bond donors (Lipinski definition) is 1. The summed E-state index contributed by atoms with van der Waals surface area (Å²) in [6.45, 7) is 0.510. The minimum atomic E-state index is -2.92. The van der Waals surface area contributed by atoms with Gasteiger partial charge in [0.2, 0.25) is 0 Å². The predicted octanol–water partition coefficient (Wildman–Crippen LogP) is 3.69. The van der Waals surface area contributed by atoms with Gasteiger partial charge in [0.05, 0.1) is 18.0 Å². The van der Waals surface area contributed by atoms with Crippen LogP contribution in [0.3, 0.4) is 0 Å². The monoisotopic (exact) mass is 405 g/mol. The highest BCUT2D eigenvalue weighted by Gasteiger charge is 2.50. The minimum Gasteiger partial charge on any atom is -0.351 e. The second-order valence-corrected chi connectivity index (χ2v) is 8.97. The lowest BCUT2D eigenvalue weighted by Gasteiger charge is -2.56. The molecule has 1 N–H and O–H groups in total. The van der Waals surface area contributed by atoms with Crippen molar-refractivity contribution in [1.82, 2.24) is 25.1 Å². The maximum Gasteiger partial charge on any atom is 0.282 e. The zero-order chi connectivity index (χ0) is 20.2. The highest BCUT2D eigenvalue weighted by Crippen LogP contribution is 2.59. The van der Waals surface area contributed by atoms with E-state index in [4.69, 9.17) is 0 Å². The molecule has 2 aromatic heterocycles. The minimum absolute atomic E-state index is 0.0755. The number of alkyl halides is 2. The fraction of sp³-hybridized carbons (Fsp3) is 0.600. The standard InChI is InChI=1S/C20H22F3N5O/c21-14-7-24-19(25-8-14)28-9-15(16(27-28)17(22)23)18(29)26-10-20-4-11-1-12(5-20)3-13(2-11)6-20/h7-9,11-13,17H,1-6,10H2,(H,26,29). The number of nitrogens with zero attached hydrogens (tertiary/aromatic N) is 4. The van der Waals surface area contributed by atoms with Gasteiger partial charge in [-0.2, -0.15) is 5.10 Å². The number of aromatic nitrogens is 4. The van der Waals surface area contributed by atoms with Gasteiger partial charge in [0, 0.05) is 12.7 Å². The van der Waals surface area contributed by atoms with Crippen molar-refractivity contribution in [3.63, 3.8) is 0 Å². The van der Waals surface area contributed by atoms with Gasteiger partial charge in [0.1, 0.15) is 5.69 Å². The number of carbonyl (C=O) groups excluding carboxylic acids is 1. The molecule has 1 amide bonds. The third-order valence-corrected chi connectivity index (χ3v) is 6.79. The Labute approximate surface area is 165 Å². The molecule has 6 nitrogen and oxygen atoms in total. The Hall–Kier alpha value is -2.45. The Morgan fingerprint density at radius 3 is 2.28 bits per heavy atom. The maximum atomic E-state index is 13.5. The van der Waals surface area contributed by atoms with Crippen molar-refractivity contribution in [2.45, 2.75) is 45.0 Å². The zero-order valence-corrected chi connectivity index (χ0v) is 15.8. The summed E-state index contributed by atoms with van der Waals surface area (Å²) in [6, 6.07) is 0. The van der Waals surface area contributed by atoms with Crippen LogP contribution < -0.4 is 5.32 Å². The lowest BCUT2D eigenvalue weighted by Crippen LogP contribution is -2.51. The Balaban J connectivity index is 1.35. The molecule has 29 heavy (non-hydrogen) atoms. The molecular formula is C20H22F3N5O. The average Bonchev–Trinajstić information content (AvgIpc) is 3.11. The number of carbonyl (C=O) groups is 1. The van der Waals surface area contributed by atoms with Gasteiger partial charge in [-0.05, 0) is 61.7 Å². The average molecular weight is 405 g/mol. The van der Waals surface area contributed by atoms with Crippen LogP contribution in [0, 0.1) is 29.0 Å². The van der Waals surface area contributed by atoms with Gasteiger partial charge in [-0.3, -0.25) is 4.79 Å². The van der Waals surface area contributed by atoms with Crippen molar-refractivity contribution in [1.29, 1.82) is 0 Å². The van der Waals surface area contributed by atoms with Crippen LogP contribution in [0.15, 0.2) is 18.6 Å². The van der Waals surface area contributed by atoms with Gasteiger partial charge in [0.25, 0.3) is 18.3 Å². The van der Waals surface area contributed by atoms with Crippen molar-refractivity contribution in [3.8, 4) is 5.95 Å². The van der Waals surface area contributed by atoms with Crippen molar-refractivity contribution in [2.75, 3.05) is 6.54 Å². The van der Waals surface area contributed by atoms with Crippen molar-refractivity contribution >= 4 is 5.91 Å². The molecule has 9 heteroatoms. The molecule has 0 saturated heterocycles. The Morgan fingerprint density at radius 1 is 1.14 bits per heavy atom. The SMILES string of the molecule is O=C(NCC12CC3CC(CC(C3)C1)C2)c1cn(-c2ncc(F)cn2)nc1C(F)F. The lowest BCUT2D eigenvalue weighted by atomic mass is 9.49. The van der Waals surface area contributed by atoms with E-state index in [0.717, 1.165) is 54.1 Å². The molecule has 0 radical (unpaired) electrons. The molecule has 4 aliphatic carbocycles. The van der Waals surface area contributed by atoms with E-state index in [-0.39, 0.29) is 16.9 Å². The van der Waals surface area contributed by atoms with E-state index in [2.05, 4.69) is 20.4 Å². The lowest BCUT2D eigenvalue weighted by molar-refractivity contribution is -0.0503. The molecule has 0 atom stereocenters. The second kappa shape index (κ2) is 6.81. The van der Waals surface area contributed by atoms with Gasteiger partial charge in [-0.1, -0.05) is 0 Å². The van der Waals surface area contributed by atoms with Crippen molar-refractivity contribution < 1.29 is 18.0 Å². The van der Waals surface area contributed by atoms with E-state index < -0.39 is 23.8 Å². The van der Waals surface area contributed by atoms with Crippen LogP contribution in [-0.2, 0) is 0 Å². The molecule has 0 aromatic carbocycles. The summed E-state index contributed by atoms with van der Waals surface area (Å²) in [5, 5.41) is 6.66. The van der Waals surface area contributed by atoms with E-state index in [9.17, 15) is 18.0 Å². The number of hydrogen-bond acceptors (Lipinski definition) is 4. The summed E-state index contributed by atoms with van der Waals surface area (Å²) in [5.74, 6) is 0.941.